The lowest BCUT2D eigenvalue weighted by Crippen LogP contribution is -2.24. The van der Waals surface area contributed by atoms with Crippen molar-refractivity contribution in [1.82, 2.24) is 9.78 Å². The molecule has 0 aliphatic heterocycles. The highest BCUT2D eigenvalue weighted by atomic mass is 16.6. The van der Waals surface area contributed by atoms with E-state index in [1.165, 1.54) is 0 Å². The third-order valence-electron chi connectivity index (χ3n) is 2.58. The third kappa shape index (κ3) is 3.85. The molecule has 20 heavy (non-hydrogen) atoms. The number of ether oxygens (including phenoxy) is 1. The van der Waals surface area contributed by atoms with E-state index in [4.69, 9.17) is 10.5 Å². The van der Waals surface area contributed by atoms with Crippen LogP contribution in [-0.2, 0) is 16.0 Å². The predicted molar refractivity (Wildman–Crippen MR) is 77.5 cm³/mol. The number of hydrogen-bond acceptors (Lipinski definition) is 4. The minimum absolute atomic E-state index is 0.228. The van der Waals surface area contributed by atoms with Crippen LogP contribution in [-0.4, -0.2) is 21.4 Å². The number of carbonyl (C=O) groups is 1. The van der Waals surface area contributed by atoms with Crippen LogP contribution in [0, 0.1) is 0 Å². The van der Waals surface area contributed by atoms with Crippen LogP contribution in [0.2, 0.25) is 0 Å². The highest BCUT2D eigenvalue weighted by molar-refractivity contribution is 5.73. The molecule has 0 aliphatic carbocycles. The summed E-state index contributed by atoms with van der Waals surface area (Å²) >= 11 is 0. The molecule has 0 spiro atoms. The zero-order valence-corrected chi connectivity index (χ0v) is 12.0. The van der Waals surface area contributed by atoms with Gasteiger partial charge in [0.25, 0.3) is 0 Å². The molecule has 0 atom stereocenters. The first kappa shape index (κ1) is 14.1. The van der Waals surface area contributed by atoms with E-state index in [0.717, 1.165) is 11.3 Å². The van der Waals surface area contributed by atoms with Gasteiger partial charge in [-0.25, -0.2) is 4.68 Å². The van der Waals surface area contributed by atoms with E-state index in [9.17, 15) is 4.79 Å². The van der Waals surface area contributed by atoms with Gasteiger partial charge in [-0.1, -0.05) is 12.1 Å². The Morgan fingerprint density at radius 1 is 1.25 bits per heavy atom. The first-order valence-corrected chi connectivity index (χ1v) is 6.46. The SMILES string of the molecule is CC(C)(C)OC(=O)Cc1ccc(-n2ccc(N)n2)cc1. The maximum atomic E-state index is 11.7. The highest BCUT2D eigenvalue weighted by Crippen LogP contribution is 2.13. The molecule has 0 saturated heterocycles. The van der Waals surface area contributed by atoms with Gasteiger partial charge in [-0.2, -0.15) is 5.10 Å². The molecule has 1 aromatic heterocycles. The second-order valence-electron chi connectivity index (χ2n) is 5.61. The highest BCUT2D eigenvalue weighted by Gasteiger charge is 2.16. The second kappa shape index (κ2) is 5.36. The molecule has 0 aliphatic rings. The van der Waals surface area contributed by atoms with Crippen molar-refractivity contribution in [3.8, 4) is 5.69 Å². The van der Waals surface area contributed by atoms with Crippen molar-refractivity contribution < 1.29 is 9.53 Å². The number of hydrogen-bond donors (Lipinski definition) is 1. The first-order chi connectivity index (χ1) is 9.33. The number of aromatic nitrogens is 2. The molecule has 1 aromatic carbocycles. The van der Waals surface area contributed by atoms with Crippen molar-refractivity contribution >= 4 is 11.8 Å². The number of anilines is 1. The van der Waals surface area contributed by atoms with Crippen LogP contribution >= 0.6 is 0 Å². The molecule has 2 aromatic rings. The monoisotopic (exact) mass is 273 g/mol. The van der Waals surface area contributed by atoms with E-state index < -0.39 is 5.60 Å². The fourth-order valence-corrected chi connectivity index (χ4v) is 1.79. The number of nitrogen functional groups attached to an aromatic ring is 1. The Hall–Kier alpha value is -2.30. The molecule has 0 amide bonds. The standard InChI is InChI=1S/C15H19N3O2/c1-15(2,3)20-14(19)10-11-4-6-12(7-5-11)18-9-8-13(16)17-18/h4-9H,10H2,1-3H3,(H2,16,17). The maximum Gasteiger partial charge on any atom is 0.310 e. The summed E-state index contributed by atoms with van der Waals surface area (Å²) in [6, 6.07) is 9.29. The molecule has 5 nitrogen and oxygen atoms in total. The molecule has 2 N–H and O–H groups in total. The second-order valence-corrected chi connectivity index (χ2v) is 5.61. The van der Waals surface area contributed by atoms with Gasteiger partial charge in [0.05, 0.1) is 12.1 Å². The molecule has 0 saturated carbocycles. The van der Waals surface area contributed by atoms with Gasteiger partial charge in [0.15, 0.2) is 0 Å². The summed E-state index contributed by atoms with van der Waals surface area (Å²) in [6.45, 7) is 5.57. The summed E-state index contributed by atoms with van der Waals surface area (Å²) in [7, 11) is 0. The molecule has 106 valence electrons. The Morgan fingerprint density at radius 3 is 2.40 bits per heavy atom. The van der Waals surface area contributed by atoms with Crippen molar-refractivity contribution in [2.45, 2.75) is 32.8 Å². The molecular formula is C15H19N3O2. The Bertz CT molecular complexity index is 594. The number of nitrogens with two attached hydrogens (primary N) is 1. The van der Waals surface area contributed by atoms with E-state index in [1.807, 2.05) is 45.0 Å². The minimum atomic E-state index is -0.455. The maximum absolute atomic E-state index is 11.7. The van der Waals surface area contributed by atoms with Crippen LogP contribution in [0.4, 0.5) is 5.82 Å². The van der Waals surface area contributed by atoms with Gasteiger partial charge in [0, 0.05) is 12.3 Å². The van der Waals surface area contributed by atoms with Gasteiger partial charge < -0.3 is 10.5 Å². The largest absolute Gasteiger partial charge is 0.460 e. The molecule has 0 bridgehead atoms. The van der Waals surface area contributed by atoms with Gasteiger partial charge in [-0.3, -0.25) is 4.79 Å². The van der Waals surface area contributed by atoms with Gasteiger partial charge in [-0.15, -0.1) is 0 Å². The molecule has 5 heteroatoms. The minimum Gasteiger partial charge on any atom is -0.460 e. The summed E-state index contributed by atoms with van der Waals surface area (Å²) < 4.78 is 6.97. The van der Waals surface area contributed by atoms with Crippen LogP contribution in [0.3, 0.4) is 0 Å². The Labute approximate surface area is 118 Å². The van der Waals surface area contributed by atoms with Crippen LogP contribution in [0.5, 0.6) is 0 Å². The van der Waals surface area contributed by atoms with Crippen LogP contribution in [0.1, 0.15) is 26.3 Å². The number of carbonyl (C=O) groups excluding carboxylic acids is 1. The molecule has 0 radical (unpaired) electrons. The summed E-state index contributed by atoms with van der Waals surface area (Å²) in [5, 5.41) is 4.12. The van der Waals surface area contributed by atoms with E-state index in [1.54, 1.807) is 16.9 Å². The average molecular weight is 273 g/mol. The van der Waals surface area contributed by atoms with E-state index >= 15 is 0 Å². The molecule has 0 fully saturated rings. The van der Waals surface area contributed by atoms with Crippen LogP contribution in [0.15, 0.2) is 36.5 Å². The summed E-state index contributed by atoms with van der Waals surface area (Å²) in [6.07, 6.45) is 2.05. The fourth-order valence-electron chi connectivity index (χ4n) is 1.79. The molecule has 0 unspecified atom stereocenters. The lowest BCUT2D eigenvalue weighted by molar-refractivity contribution is -0.153. The van der Waals surface area contributed by atoms with Gasteiger partial charge in [-0.05, 0) is 38.5 Å². The Kier molecular flexibility index (Phi) is 3.79. The van der Waals surface area contributed by atoms with Crippen molar-refractivity contribution in [2.24, 2.45) is 0 Å². The van der Waals surface area contributed by atoms with Crippen molar-refractivity contribution in [3.05, 3.63) is 42.1 Å². The normalized spacial score (nSPS) is 11.3. The number of rotatable bonds is 3. The zero-order chi connectivity index (χ0) is 14.8. The fraction of sp³-hybridized carbons (Fsp3) is 0.333. The Morgan fingerprint density at radius 2 is 1.90 bits per heavy atom. The lowest BCUT2D eigenvalue weighted by atomic mass is 10.1. The van der Waals surface area contributed by atoms with E-state index in [0.29, 0.717) is 5.82 Å². The van der Waals surface area contributed by atoms with Crippen molar-refractivity contribution in [2.75, 3.05) is 5.73 Å². The topological polar surface area (TPSA) is 70.1 Å². The van der Waals surface area contributed by atoms with Crippen LogP contribution < -0.4 is 5.73 Å². The summed E-state index contributed by atoms with van der Waals surface area (Å²) in [5.74, 6) is 0.247. The number of benzene rings is 1. The number of nitrogens with zero attached hydrogens (tertiary/aromatic N) is 2. The van der Waals surface area contributed by atoms with Gasteiger partial charge in [0.2, 0.25) is 0 Å². The summed E-state index contributed by atoms with van der Waals surface area (Å²) in [4.78, 5) is 11.7. The molecule has 1 heterocycles. The van der Waals surface area contributed by atoms with Crippen molar-refractivity contribution in [3.63, 3.8) is 0 Å². The van der Waals surface area contributed by atoms with E-state index in [-0.39, 0.29) is 12.4 Å². The Balaban J connectivity index is 2.03. The molecular weight excluding hydrogens is 254 g/mol. The first-order valence-electron chi connectivity index (χ1n) is 6.46. The zero-order valence-electron chi connectivity index (χ0n) is 12.0. The summed E-state index contributed by atoms with van der Waals surface area (Å²) in [5.41, 5.74) is 6.93. The van der Waals surface area contributed by atoms with Gasteiger partial charge in [0.1, 0.15) is 11.4 Å². The third-order valence-corrected chi connectivity index (χ3v) is 2.58. The quantitative estimate of drug-likeness (QED) is 0.871. The average Bonchev–Trinajstić information content (AvgIpc) is 2.74. The lowest BCUT2D eigenvalue weighted by Gasteiger charge is -2.19. The van der Waals surface area contributed by atoms with E-state index in [2.05, 4.69) is 5.10 Å². The van der Waals surface area contributed by atoms with Crippen molar-refractivity contribution in [1.29, 1.82) is 0 Å². The molecule has 2 rings (SSSR count). The smallest absolute Gasteiger partial charge is 0.310 e. The number of esters is 1. The predicted octanol–water partition coefficient (Wildman–Crippen LogP) is 2.34. The van der Waals surface area contributed by atoms with Crippen LogP contribution in [0.25, 0.3) is 5.69 Å². The van der Waals surface area contributed by atoms with Gasteiger partial charge >= 0.3 is 5.97 Å².